The third-order valence-corrected chi connectivity index (χ3v) is 8.09. The molecule has 0 spiro atoms. The van der Waals surface area contributed by atoms with Crippen molar-refractivity contribution in [2.45, 2.75) is 31.1 Å². The van der Waals surface area contributed by atoms with Crippen molar-refractivity contribution in [3.63, 3.8) is 0 Å². The molecule has 0 aliphatic carbocycles. The van der Waals surface area contributed by atoms with E-state index in [4.69, 9.17) is 5.10 Å². The van der Waals surface area contributed by atoms with Crippen molar-refractivity contribution < 1.29 is 13.2 Å². The largest absolute Gasteiger partial charge is 0.326 e. The Morgan fingerprint density at radius 2 is 1.52 bits per heavy atom. The van der Waals surface area contributed by atoms with Gasteiger partial charge in [-0.05, 0) is 36.4 Å². The fourth-order valence-corrected chi connectivity index (χ4v) is 5.61. The molecule has 5 rings (SSSR count). The zero-order valence-electron chi connectivity index (χ0n) is 22.1. The maximum Gasteiger partial charge on any atom is 0.326 e. The van der Waals surface area contributed by atoms with Crippen LogP contribution in [0, 0.1) is 0 Å². The number of urea groups is 1. The molecule has 204 valence electrons. The minimum atomic E-state index is -3.78. The molecule has 0 radical (unpaired) electrons. The van der Waals surface area contributed by atoms with Gasteiger partial charge in [0.05, 0.1) is 22.0 Å². The van der Waals surface area contributed by atoms with Gasteiger partial charge < -0.3 is 0 Å². The Hall–Kier alpha value is -4.48. The molecule has 0 aliphatic rings. The van der Waals surface area contributed by atoms with Gasteiger partial charge in [0.2, 0.25) is 0 Å². The highest BCUT2D eigenvalue weighted by Gasteiger charge is 2.22. The van der Waals surface area contributed by atoms with Crippen LogP contribution in [-0.2, 0) is 15.4 Å². The number of anilines is 3. The predicted octanol–water partition coefficient (Wildman–Crippen LogP) is 6.74. The van der Waals surface area contributed by atoms with Gasteiger partial charge in [-0.2, -0.15) is 5.10 Å². The number of sulfonamides is 1. The van der Waals surface area contributed by atoms with Crippen LogP contribution in [0.1, 0.15) is 26.5 Å². The monoisotopic (exact) mass is 572 g/mol. The van der Waals surface area contributed by atoms with E-state index in [2.05, 4.69) is 20.3 Å². The van der Waals surface area contributed by atoms with Crippen LogP contribution < -0.4 is 15.4 Å². The molecule has 2 heterocycles. The third kappa shape index (κ3) is 6.22. The molecule has 2 aromatic heterocycles. The molecule has 11 heteroatoms. The molecule has 0 atom stereocenters. The number of benzene rings is 3. The number of aromatic nitrogens is 3. The number of amides is 2. The van der Waals surface area contributed by atoms with Crippen LogP contribution in [-0.4, -0.2) is 29.2 Å². The SMILES string of the molecule is CC(C)(C)c1cc(NC(=O)Nc2nc(-c3ccccc3)cs2)n(-c2ccc(S(=O)(=O)Nc3ccccc3)cc2)n1. The molecule has 0 unspecified atom stereocenters. The van der Waals surface area contributed by atoms with E-state index < -0.39 is 16.1 Å². The Bertz CT molecular complexity index is 1720. The lowest BCUT2D eigenvalue weighted by Crippen LogP contribution is -2.21. The Balaban J connectivity index is 1.36. The smallest absolute Gasteiger partial charge is 0.292 e. The van der Waals surface area contributed by atoms with Gasteiger partial charge in [0.15, 0.2) is 5.13 Å². The molecule has 0 bridgehead atoms. The average molecular weight is 573 g/mol. The Kier molecular flexibility index (Phi) is 7.42. The van der Waals surface area contributed by atoms with Gasteiger partial charge in [-0.25, -0.2) is 22.9 Å². The second-order valence-corrected chi connectivity index (χ2v) is 12.6. The van der Waals surface area contributed by atoms with Crippen molar-refractivity contribution in [3.05, 3.63) is 102 Å². The fourth-order valence-electron chi connectivity index (χ4n) is 3.84. The standard InChI is InChI=1S/C29H28N6O3S2/c1-29(2,3)25-18-26(31-27(36)32-28-30-24(19-39-28)20-10-6-4-7-11-20)35(33-25)22-14-16-23(17-15-22)40(37,38)34-21-12-8-5-9-13-21/h4-19,34H,1-3H3,(H2,30,31,32,36). The van der Waals surface area contributed by atoms with Crippen molar-refractivity contribution >= 4 is 44.0 Å². The van der Waals surface area contributed by atoms with Gasteiger partial charge >= 0.3 is 6.03 Å². The van der Waals surface area contributed by atoms with Gasteiger partial charge in [0.25, 0.3) is 10.0 Å². The molecule has 40 heavy (non-hydrogen) atoms. The summed E-state index contributed by atoms with van der Waals surface area (Å²) in [5, 5.41) is 12.7. The van der Waals surface area contributed by atoms with Crippen LogP contribution in [0.4, 0.5) is 21.4 Å². The molecule has 0 fully saturated rings. The zero-order valence-corrected chi connectivity index (χ0v) is 23.8. The second kappa shape index (κ2) is 10.9. The van der Waals surface area contributed by atoms with E-state index in [1.165, 1.54) is 23.5 Å². The maximum atomic E-state index is 12.9. The number of nitrogens with zero attached hydrogens (tertiary/aromatic N) is 3. The first-order chi connectivity index (χ1) is 19.1. The molecule has 5 aromatic rings. The first kappa shape index (κ1) is 27.1. The van der Waals surface area contributed by atoms with E-state index in [0.717, 1.165) is 17.0 Å². The van der Waals surface area contributed by atoms with E-state index in [9.17, 15) is 13.2 Å². The molecule has 0 aliphatic heterocycles. The topological polar surface area (TPSA) is 118 Å². The van der Waals surface area contributed by atoms with Crippen molar-refractivity contribution in [3.8, 4) is 16.9 Å². The maximum absolute atomic E-state index is 12.9. The first-order valence-corrected chi connectivity index (χ1v) is 14.8. The Labute approximate surface area is 237 Å². The number of thiazole rings is 1. The number of hydrogen-bond donors (Lipinski definition) is 3. The summed E-state index contributed by atoms with van der Waals surface area (Å²) in [7, 11) is -3.78. The summed E-state index contributed by atoms with van der Waals surface area (Å²) in [5.74, 6) is 0.431. The molecule has 3 aromatic carbocycles. The predicted molar refractivity (Wildman–Crippen MR) is 160 cm³/mol. The molecule has 0 saturated heterocycles. The summed E-state index contributed by atoms with van der Waals surface area (Å²) >= 11 is 1.33. The summed E-state index contributed by atoms with van der Waals surface area (Å²) in [6.07, 6.45) is 0. The molecule has 3 N–H and O–H groups in total. The molecule has 9 nitrogen and oxygen atoms in total. The number of rotatable bonds is 7. The highest BCUT2D eigenvalue weighted by atomic mass is 32.2. The molecule has 0 saturated carbocycles. The molecular weight excluding hydrogens is 544 g/mol. The number of hydrogen-bond acceptors (Lipinski definition) is 6. The van der Waals surface area contributed by atoms with Crippen LogP contribution in [0.5, 0.6) is 0 Å². The van der Waals surface area contributed by atoms with Gasteiger partial charge in [0, 0.05) is 28.1 Å². The highest BCUT2D eigenvalue weighted by Crippen LogP contribution is 2.28. The number of nitrogens with one attached hydrogen (secondary N) is 3. The summed E-state index contributed by atoms with van der Waals surface area (Å²) in [6.45, 7) is 6.07. The highest BCUT2D eigenvalue weighted by molar-refractivity contribution is 7.92. The number of carbonyl (C=O) groups excluding carboxylic acids is 1. The lowest BCUT2D eigenvalue weighted by Gasteiger charge is -2.14. The van der Waals surface area contributed by atoms with Crippen molar-refractivity contribution in [1.29, 1.82) is 0 Å². The van der Waals surface area contributed by atoms with Gasteiger partial charge in [-0.15, -0.1) is 11.3 Å². The van der Waals surface area contributed by atoms with Crippen LogP contribution in [0.25, 0.3) is 16.9 Å². The third-order valence-electron chi connectivity index (χ3n) is 5.93. The number of carbonyl (C=O) groups is 1. The quantitative estimate of drug-likeness (QED) is 0.200. The molecular formula is C29H28N6O3S2. The Morgan fingerprint density at radius 3 is 2.17 bits per heavy atom. The van der Waals surface area contributed by atoms with E-state index in [-0.39, 0.29) is 10.3 Å². The van der Waals surface area contributed by atoms with Crippen LogP contribution >= 0.6 is 11.3 Å². The van der Waals surface area contributed by atoms with Gasteiger partial charge in [0.1, 0.15) is 5.82 Å². The summed E-state index contributed by atoms with van der Waals surface area (Å²) in [4.78, 5) is 17.6. The summed E-state index contributed by atoms with van der Waals surface area (Å²) in [5.41, 5.74) is 3.27. The van der Waals surface area contributed by atoms with E-state index in [1.807, 2.05) is 62.5 Å². The van der Waals surface area contributed by atoms with Gasteiger partial charge in [-0.3, -0.25) is 15.4 Å². The van der Waals surface area contributed by atoms with E-state index in [1.54, 1.807) is 47.1 Å². The zero-order chi connectivity index (χ0) is 28.3. The lowest BCUT2D eigenvalue weighted by atomic mass is 9.92. The number of para-hydroxylation sites is 1. The minimum Gasteiger partial charge on any atom is -0.292 e. The van der Waals surface area contributed by atoms with Crippen molar-refractivity contribution in [1.82, 2.24) is 14.8 Å². The summed E-state index contributed by atoms with van der Waals surface area (Å²) < 4.78 is 29.9. The first-order valence-electron chi connectivity index (χ1n) is 12.5. The van der Waals surface area contributed by atoms with Crippen LogP contribution in [0.2, 0.25) is 0 Å². The summed E-state index contributed by atoms with van der Waals surface area (Å²) in [6, 6.07) is 26.0. The second-order valence-electron chi connectivity index (χ2n) is 10.0. The van der Waals surface area contributed by atoms with Crippen LogP contribution in [0.3, 0.4) is 0 Å². The minimum absolute atomic E-state index is 0.105. The van der Waals surface area contributed by atoms with E-state index >= 15 is 0 Å². The van der Waals surface area contributed by atoms with Crippen LogP contribution in [0.15, 0.2) is 101 Å². The molecule has 2 amide bonds. The average Bonchev–Trinajstić information content (AvgIpc) is 3.57. The van der Waals surface area contributed by atoms with Gasteiger partial charge in [-0.1, -0.05) is 69.3 Å². The lowest BCUT2D eigenvalue weighted by molar-refractivity contribution is 0.262. The van der Waals surface area contributed by atoms with Crippen molar-refractivity contribution in [2.24, 2.45) is 0 Å². The van der Waals surface area contributed by atoms with E-state index in [0.29, 0.717) is 22.3 Å². The normalized spacial score (nSPS) is 11.7. The van der Waals surface area contributed by atoms with Crippen molar-refractivity contribution in [2.75, 3.05) is 15.4 Å². The fraction of sp³-hybridized carbons (Fsp3) is 0.138. The Morgan fingerprint density at radius 1 is 0.875 bits per heavy atom.